The Morgan fingerprint density at radius 1 is 1.75 bits per heavy atom. The van der Waals surface area contributed by atoms with Crippen LogP contribution in [0.15, 0.2) is 0 Å². The van der Waals surface area contributed by atoms with Gasteiger partial charge >= 0.3 is 0 Å². The summed E-state index contributed by atoms with van der Waals surface area (Å²) in [5.74, 6) is 2.12. The lowest BCUT2D eigenvalue weighted by atomic mass is 10.3. The Balaban J connectivity index is 2.98. The minimum Gasteiger partial charge on any atom is -0.291 e. The zero-order valence-electron chi connectivity index (χ0n) is 5.31. The predicted molar refractivity (Wildman–Crippen MR) is 37.9 cm³/mol. The second-order valence-electron chi connectivity index (χ2n) is 1.68. The van der Waals surface area contributed by atoms with Crippen LogP contribution in [0.2, 0.25) is 0 Å². The highest BCUT2D eigenvalue weighted by atomic mass is 32.2. The fourth-order valence-electron chi connectivity index (χ4n) is 0.329. The van der Waals surface area contributed by atoms with Crippen molar-refractivity contribution in [2.45, 2.75) is 13.8 Å². The van der Waals surface area contributed by atoms with Gasteiger partial charge in [-0.1, -0.05) is 13.8 Å². The third-order valence-electron chi connectivity index (χ3n) is 0.773. The molecule has 0 N–H and O–H groups in total. The molecule has 0 aliphatic carbocycles. The Morgan fingerprint density at radius 2 is 2.38 bits per heavy atom. The van der Waals surface area contributed by atoms with Crippen molar-refractivity contribution in [3.8, 4) is 0 Å². The minimum absolute atomic E-state index is 0.111. The first-order valence-corrected chi connectivity index (χ1v) is 3.92. The molecular formula is C6H11OS. The molecule has 0 saturated heterocycles. The van der Waals surface area contributed by atoms with E-state index in [2.05, 4.69) is 6.92 Å². The molecule has 0 rings (SSSR count). The van der Waals surface area contributed by atoms with E-state index in [9.17, 15) is 4.79 Å². The topological polar surface area (TPSA) is 17.1 Å². The smallest absolute Gasteiger partial charge is 0.202 e. The molecule has 1 unspecified atom stereocenters. The van der Waals surface area contributed by atoms with Crippen molar-refractivity contribution < 1.29 is 4.79 Å². The molecule has 2 heteroatoms. The van der Waals surface area contributed by atoms with Crippen molar-refractivity contribution in [2.75, 3.05) is 11.5 Å². The Kier molecular flexibility index (Phi) is 5.18. The van der Waals surface area contributed by atoms with Gasteiger partial charge in [0, 0.05) is 11.7 Å². The summed E-state index contributed by atoms with van der Waals surface area (Å²) in [5, 5.41) is 0. The van der Waals surface area contributed by atoms with Crippen molar-refractivity contribution >= 4 is 18.0 Å². The van der Waals surface area contributed by atoms with Crippen LogP contribution < -0.4 is 0 Å². The summed E-state index contributed by atoms with van der Waals surface area (Å²) in [6.07, 6.45) is 1.93. The minimum atomic E-state index is 0.111. The van der Waals surface area contributed by atoms with Crippen LogP contribution in [0.25, 0.3) is 0 Å². The zero-order valence-corrected chi connectivity index (χ0v) is 6.12. The predicted octanol–water partition coefficient (Wildman–Crippen LogP) is 1.49. The van der Waals surface area contributed by atoms with E-state index in [1.165, 1.54) is 0 Å². The second-order valence-corrected chi connectivity index (χ2v) is 3.00. The molecule has 0 aliphatic rings. The summed E-state index contributed by atoms with van der Waals surface area (Å²) < 4.78 is 0. The molecule has 0 fully saturated rings. The van der Waals surface area contributed by atoms with Crippen LogP contribution in [0.4, 0.5) is 0 Å². The van der Waals surface area contributed by atoms with Crippen LogP contribution in [-0.4, -0.2) is 17.8 Å². The van der Waals surface area contributed by atoms with Crippen molar-refractivity contribution in [2.24, 2.45) is 5.92 Å². The van der Waals surface area contributed by atoms with Crippen molar-refractivity contribution in [3.63, 3.8) is 0 Å². The van der Waals surface area contributed by atoms with Crippen molar-refractivity contribution in [1.29, 1.82) is 0 Å². The van der Waals surface area contributed by atoms with Crippen LogP contribution >= 0.6 is 11.8 Å². The number of rotatable bonds is 4. The average Bonchev–Trinajstić information content (AvgIpc) is 1.83. The summed E-state index contributed by atoms with van der Waals surface area (Å²) in [4.78, 5) is 9.87. The van der Waals surface area contributed by atoms with Gasteiger partial charge in [-0.05, 0) is 5.75 Å². The van der Waals surface area contributed by atoms with E-state index in [-0.39, 0.29) is 5.92 Å². The van der Waals surface area contributed by atoms with Gasteiger partial charge < -0.3 is 0 Å². The van der Waals surface area contributed by atoms with Gasteiger partial charge in [-0.15, -0.1) is 0 Å². The molecule has 8 heavy (non-hydrogen) atoms. The van der Waals surface area contributed by atoms with Gasteiger partial charge in [0.25, 0.3) is 0 Å². The normalized spacial score (nSPS) is 13.2. The lowest BCUT2D eigenvalue weighted by Crippen LogP contribution is -1.98. The highest BCUT2D eigenvalue weighted by molar-refractivity contribution is 7.99. The fraction of sp³-hybridized carbons (Fsp3) is 0.833. The summed E-state index contributed by atoms with van der Waals surface area (Å²) in [5.41, 5.74) is 0. The third kappa shape index (κ3) is 4.19. The van der Waals surface area contributed by atoms with Crippen LogP contribution in [0.1, 0.15) is 13.8 Å². The Labute approximate surface area is 54.8 Å². The van der Waals surface area contributed by atoms with Crippen LogP contribution in [-0.2, 0) is 4.79 Å². The van der Waals surface area contributed by atoms with Gasteiger partial charge in [-0.25, -0.2) is 0 Å². The molecule has 47 valence electrons. The van der Waals surface area contributed by atoms with E-state index in [1.54, 1.807) is 11.8 Å². The molecule has 0 aromatic carbocycles. The van der Waals surface area contributed by atoms with E-state index in [0.29, 0.717) is 0 Å². The Morgan fingerprint density at radius 3 is 2.75 bits per heavy atom. The zero-order chi connectivity index (χ0) is 6.41. The van der Waals surface area contributed by atoms with Gasteiger partial charge in [0.05, 0.1) is 0 Å². The maximum absolute atomic E-state index is 9.87. The molecular weight excluding hydrogens is 120 g/mol. The molecule has 1 atom stereocenters. The molecule has 0 aliphatic heterocycles. The van der Waals surface area contributed by atoms with Gasteiger partial charge in [0.2, 0.25) is 6.29 Å². The van der Waals surface area contributed by atoms with E-state index in [0.717, 1.165) is 11.5 Å². The van der Waals surface area contributed by atoms with E-state index >= 15 is 0 Å². The first kappa shape index (κ1) is 8.02. The van der Waals surface area contributed by atoms with E-state index in [4.69, 9.17) is 0 Å². The second kappa shape index (κ2) is 5.16. The molecule has 0 aromatic rings. The molecule has 0 spiro atoms. The van der Waals surface area contributed by atoms with Gasteiger partial charge in [0.1, 0.15) is 0 Å². The summed E-state index contributed by atoms with van der Waals surface area (Å²) in [6.45, 7) is 3.97. The van der Waals surface area contributed by atoms with Crippen LogP contribution in [0, 0.1) is 5.92 Å². The quantitative estimate of drug-likeness (QED) is 0.575. The SMILES string of the molecule is CCSCC(C)[C]=O. The number of carbonyl (C=O) groups excluding carboxylic acids is 1. The van der Waals surface area contributed by atoms with Gasteiger partial charge in [0.15, 0.2) is 0 Å². The molecule has 0 amide bonds. The lowest BCUT2D eigenvalue weighted by molar-refractivity contribution is 0.538. The highest BCUT2D eigenvalue weighted by Crippen LogP contribution is 2.04. The van der Waals surface area contributed by atoms with E-state index < -0.39 is 0 Å². The summed E-state index contributed by atoms with van der Waals surface area (Å²) in [6, 6.07) is 0. The lowest BCUT2D eigenvalue weighted by Gasteiger charge is -1.96. The van der Waals surface area contributed by atoms with E-state index in [1.807, 2.05) is 13.2 Å². The first-order valence-electron chi connectivity index (χ1n) is 2.76. The van der Waals surface area contributed by atoms with Crippen LogP contribution in [0.3, 0.4) is 0 Å². The summed E-state index contributed by atoms with van der Waals surface area (Å²) >= 11 is 1.78. The Bertz CT molecular complexity index is 63.5. The fourth-order valence-corrected chi connectivity index (χ4v) is 0.986. The standard InChI is InChI=1S/C6H11OS/c1-3-8-5-6(2)4-7/h6H,3,5H2,1-2H3. The molecule has 0 bridgehead atoms. The third-order valence-corrected chi connectivity index (χ3v) is 1.92. The van der Waals surface area contributed by atoms with Gasteiger partial charge in [-0.3, -0.25) is 4.79 Å². The number of thioether (sulfide) groups is 1. The van der Waals surface area contributed by atoms with Crippen molar-refractivity contribution in [1.82, 2.24) is 0 Å². The molecule has 0 saturated carbocycles. The maximum atomic E-state index is 9.87. The largest absolute Gasteiger partial charge is 0.291 e. The number of hydrogen-bond acceptors (Lipinski definition) is 2. The summed E-state index contributed by atoms with van der Waals surface area (Å²) in [7, 11) is 0. The monoisotopic (exact) mass is 131 g/mol. The average molecular weight is 131 g/mol. The van der Waals surface area contributed by atoms with Gasteiger partial charge in [-0.2, -0.15) is 11.8 Å². The van der Waals surface area contributed by atoms with Crippen molar-refractivity contribution in [3.05, 3.63) is 0 Å². The molecule has 1 radical (unpaired) electrons. The molecule has 0 aromatic heterocycles. The molecule has 1 nitrogen and oxygen atoms in total. The van der Waals surface area contributed by atoms with Crippen LogP contribution in [0.5, 0.6) is 0 Å². The number of hydrogen-bond donors (Lipinski definition) is 0. The maximum Gasteiger partial charge on any atom is 0.202 e. The molecule has 0 heterocycles. The Hall–Kier alpha value is 0.0200. The first-order chi connectivity index (χ1) is 3.81. The highest BCUT2D eigenvalue weighted by Gasteiger charge is 1.97.